The van der Waals surface area contributed by atoms with Gasteiger partial charge in [0, 0.05) is 6.54 Å². The second-order valence-corrected chi connectivity index (χ2v) is 8.68. The largest absolute Gasteiger partial charge is 0.480 e. The molecule has 0 spiro atoms. The van der Waals surface area contributed by atoms with E-state index in [1.54, 1.807) is 0 Å². The molecule has 1 aliphatic rings. The van der Waals surface area contributed by atoms with Gasteiger partial charge in [0.1, 0.15) is 18.1 Å². The summed E-state index contributed by atoms with van der Waals surface area (Å²) in [5.41, 5.74) is 6.02. The summed E-state index contributed by atoms with van der Waals surface area (Å²) >= 11 is 0. The summed E-state index contributed by atoms with van der Waals surface area (Å²) in [4.78, 5) is 50.6. The van der Waals surface area contributed by atoms with Crippen LogP contribution in [0, 0.1) is 11.8 Å². The van der Waals surface area contributed by atoms with E-state index in [4.69, 9.17) is 10.8 Å². The van der Waals surface area contributed by atoms with Gasteiger partial charge in [0.15, 0.2) is 0 Å². The zero-order valence-electron chi connectivity index (χ0n) is 18.1. The Morgan fingerprint density at radius 3 is 2.14 bits per heavy atom. The minimum absolute atomic E-state index is 0.104. The highest BCUT2D eigenvalue weighted by Gasteiger charge is 2.37. The van der Waals surface area contributed by atoms with Crippen LogP contribution < -0.4 is 16.4 Å². The molecule has 1 rings (SSSR count). The van der Waals surface area contributed by atoms with E-state index < -0.39 is 42.0 Å². The number of rotatable bonds is 10. The van der Waals surface area contributed by atoms with E-state index in [0.717, 1.165) is 0 Å². The van der Waals surface area contributed by atoms with Crippen LogP contribution in [-0.2, 0) is 19.2 Å². The summed E-state index contributed by atoms with van der Waals surface area (Å²) in [6.07, 6.45) is 2.09. The van der Waals surface area contributed by atoms with Gasteiger partial charge in [-0.05, 0) is 44.4 Å². The molecule has 4 unspecified atom stereocenters. The SMILES string of the molecule is CC(C)CC(N)C(=O)N1CCCC1C(=O)NC(CC(C)C)C(=O)NC(C)C(=O)O. The fourth-order valence-corrected chi connectivity index (χ4v) is 3.47. The van der Waals surface area contributed by atoms with Crippen molar-refractivity contribution in [2.45, 2.75) is 84.5 Å². The van der Waals surface area contributed by atoms with Gasteiger partial charge in [0.05, 0.1) is 6.04 Å². The number of amides is 3. The van der Waals surface area contributed by atoms with Gasteiger partial charge in [-0.25, -0.2) is 0 Å². The van der Waals surface area contributed by atoms with Gasteiger partial charge in [-0.3, -0.25) is 19.2 Å². The van der Waals surface area contributed by atoms with Crippen LogP contribution in [-0.4, -0.2) is 64.4 Å². The third-order valence-corrected chi connectivity index (χ3v) is 4.95. The number of hydrogen-bond donors (Lipinski definition) is 4. The number of nitrogens with zero attached hydrogens (tertiary/aromatic N) is 1. The predicted molar refractivity (Wildman–Crippen MR) is 109 cm³/mol. The molecule has 0 aliphatic carbocycles. The highest BCUT2D eigenvalue weighted by atomic mass is 16.4. The Labute approximate surface area is 172 Å². The van der Waals surface area contributed by atoms with Crippen LogP contribution in [0.1, 0.15) is 60.3 Å². The predicted octanol–water partition coefficient (Wildman–Crippen LogP) is 0.471. The molecule has 9 nitrogen and oxygen atoms in total. The van der Waals surface area contributed by atoms with Crippen molar-refractivity contribution in [3.63, 3.8) is 0 Å². The van der Waals surface area contributed by atoms with Crippen LogP contribution in [0.15, 0.2) is 0 Å². The minimum atomic E-state index is -1.15. The fraction of sp³-hybridized carbons (Fsp3) is 0.800. The molecule has 0 aromatic carbocycles. The number of likely N-dealkylation sites (tertiary alicyclic amines) is 1. The van der Waals surface area contributed by atoms with Gasteiger partial charge in [-0.15, -0.1) is 0 Å². The Hall–Kier alpha value is -2.16. The van der Waals surface area contributed by atoms with Crippen LogP contribution in [0.5, 0.6) is 0 Å². The molecular formula is C20H36N4O5. The first-order chi connectivity index (χ1) is 13.4. The Balaban J connectivity index is 2.85. The lowest BCUT2D eigenvalue weighted by Crippen LogP contribution is -2.56. The van der Waals surface area contributed by atoms with Crippen LogP contribution in [0.3, 0.4) is 0 Å². The summed E-state index contributed by atoms with van der Waals surface area (Å²) in [5, 5.41) is 14.1. The molecule has 4 atom stereocenters. The van der Waals surface area contributed by atoms with E-state index in [9.17, 15) is 19.2 Å². The summed E-state index contributed by atoms with van der Waals surface area (Å²) in [7, 11) is 0. The van der Waals surface area contributed by atoms with E-state index in [-0.39, 0.29) is 17.7 Å². The summed E-state index contributed by atoms with van der Waals surface area (Å²) in [6.45, 7) is 9.59. The molecule has 0 aromatic rings. The van der Waals surface area contributed by atoms with E-state index in [2.05, 4.69) is 10.6 Å². The quantitative estimate of drug-likeness (QED) is 0.411. The van der Waals surface area contributed by atoms with Crippen LogP contribution in [0.2, 0.25) is 0 Å². The number of hydrogen-bond acceptors (Lipinski definition) is 5. The average Bonchev–Trinajstić information content (AvgIpc) is 3.08. The zero-order chi connectivity index (χ0) is 22.3. The van der Waals surface area contributed by atoms with Crippen molar-refractivity contribution in [2.24, 2.45) is 17.6 Å². The molecule has 29 heavy (non-hydrogen) atoms. The van der Waals surface area contributed by atoms with Gasteiger partial charge in [0.25, 0.3) is 0 Å². The van der Waals surface area contributed by atoms with Crippen molar-refractivity contribution in [3.05, 3.63) is 0 Å². The Morgan fingerprint density at radius 1 is 1.03 bits per heavy atom. The highest BCUT2D eigenvalue weighted by Crippen LogP contribution is 2.20. The third-order valence-electron chi connectivity index (χ3n) is 4.95. The monoisotopic (exact) mass is 412 g/mol. The number of aliphatic carboxylic acids is 1. The number of nitrogens with one attached hydrogen (secondary N) is 2. The van der Waals surface area contributed by atoms with Crippen molar-refractivity contribution in [2.75, 3.05) is 6.54 Å². The fourth-order valence-electron chi connectivity index (χ4n) is 3.47. The first-order valence-corrected chi connectivity index (χ1v) is 10.3. The molecule has 0 bridgehead atoms. The molecule has 5 N–H and O–H groups in total. The molecule has 1 aliphatic heterocycles. The highest BCUT2D eigenvalue weighted by molar-refractivity contribution is 5.94. The standard InChI is InChI=1S/C20H36N4O5/c1-11(2)9-14(21)19(27)24-8-6-7-16(24)18(26)23-15(10-12(3)4)17(25)22-13(5)20(28)29/h11-16H,6-10,21H2,1-5H3,(H,22,25)(H,23,26)(H,28,29). The van der Waals surface area contributed by atoms with E-state index in [1.807, 2.05) is 27.7 Å². The second-order valence-electron chi connectivity index (χ2n) is 8.68. The topological polar surface area (TPSA) is 142 Å². The second kappa shape index (κ2) is 11.1. The van der Waals surface area contributed by atoms with Crippen molar-refractivity contribution in [3.8, 4) is 0 Å². The molecule has 3 amide bonds. The number of carbonyl (C=O) groups is 4. The summed E-state index contributed by atoms with van der Waals surface area (Å²) in [6, 6.07) is -3.26. The molecule has 1 saturated heterocycles. The maximum atomic E-state index is 12.9. The van der Waals surface area contributed by atoms with E-state index in [0.29, 0.717) is 32.2 Å². The van der Waals surface area contributed by atoms with Crippen LogP contribution in [0.4, 0.5) is 0 Å². The first-order valence-electron chi connectivity index (χ1n) is 10.3. The summed E-state index contributed by atoms with van der Waals surface area (Å²) in [5.74, 6) is -1.99. The summed E-state index contributed by atoms with van der Waals surface area (Å²) < 4.78 is 0. The average molecular weight is 413 g/mol. The maximum absolute atomic E-state index is 12.9. The minimum Gasteiger partial charge on any atom is -0.480 e. The molecule has 166 valence electrons. The lowest BCUT2D eigenvalue weighted by Gasteiger charge is -2.29. The van der Waals surface area contributed by atoms with Crippen molar-refractivity contribution < 1.29 is 24.3 Å². The number of nitrogens with two attached hydrogens (primary N) is 1. The molecule has 1 fully saturated rings. The van der Waals surface area contributed by atoms with Crippen molar-refractivity contribution in [1.82, 2.24) is 15.5 Å². The third kappa shape index (κ3) is 7.64. The van der Waals surface area contributed by atoms with Gasteiger partial charge in [0.2, 0.25) is 17.7 Å². The van der Waals surface area contributed by atoms with Crippen LogP contribution >= 0.6 is 0 Å². The lowest BCUT2D eigenvalue weighted by molar-refractivity contribution is -0.142. The molecule has 0 aromatic heterocycles. The Morgan fingerprint density at radius 2 is 1.62 bits per heavy atom. The normalized spacial score (nSPS) is 19.7. The van der Waals surface area contributed by atoms with Crippen molar-refractivity contribution in [1.29, 1.82) is 0 Å². The van der Waals surface area contributed by atoms with Gasteiger partial charge in [-0.1, -0.05) is 27.7 Å². The van der Waals surface area contributed by atoms with Crippen molar-refractivity contribution >= 4 is 23.7 Å². The number of carboxylic acid groups (broad SMARTS) is 1. The Kier molecular flexibility index (Phi) is 9.55. The molecule has 1 heterocycles. The van der Waals surface area contributed by atoms with Crippen LogP contribution in [0.25, 0.3) is 0 Å². The number of carboxylic acids is 1. The van der Waals surface area contributed by atoms with Gasteiger partial charge >= 0.3 is 5.97 Å². The first kappa shape index (κ1) is 24.9. The molecule has 9 heteroatoms. The zero-order valence-corrected chi connectivity index (χ0v) is 18.1. The molecule has 0 saturated carbocycles. The molecular weight excluding hydrogens is 376 g/mol. The Bertz CT molecular complexity index is 608. The maximum Gasteiger partial charge on any atom is 0.325 e. The van der Waals surface area contributed by atoms with Gasteiger partial charge in [-0.2, -0.15) is 0 Å². The lowest BCUT2D eigenvalue weighted by atomic mass is 10.0. The van der Waals surface area contributed by atoms with Gasteiger partial charge < -0.3 is 26.4 Å². The number of carbonyl (C=O) groups excluding carboxylic acids is 3. The molecule has 0 radical (unpaired) electrons. The van der Waals surface area contributed by atoms with E-state index >= 15 is 0 Å². The van der Waals surface area contributed by atoms with E-state index in [1.165, 1.54) is 11.8 Å². The smallest absolute Gasteiger partial charge is 0.325 e.